The van der Waals surface area contributed by atoms with Crippen molar-refractivity contribution in [3.8, 4) is 0 Å². The lowest BCUT2D eigenvalue weighted by Crippen LogP contribution is -2.57. The van der Waals surface area contributed by atoms with Gasteiger partial charge in [0.05, 0.1) is 6.10 Å². The van der Waals surface area contributed by atoms with Gasteiger partial charge < -0.3 is 9.84 Å². The molecule has 2 heteroatoms. The quantitative estimate of drug-likeness (QED) is 0.799. The second-order valence-corrected chi connectivity index (χ2v) is 7.67. The van der Waals surface area contributed by atoms with Crippen molar-refractivity contribution in [3.63, 3.8) is 0 Å². The summed E-state index contributed by atoms with van der Waals surface area (Å²) in [5.74, 6) is 1.21. The first kappa shape index (κ1) is 12.7. The maximum Gasteiger partial charge on any atom is 0.106 e. The van der Waals surface area contributed by atoms with E-state index in [-0.39, 0.29) is 17.3 Å². The summed E-state index contributed by atoms with van der Waals surface area (Å²) in [4.78, 5) is 0. The van der Waals surface area contributed by atoms with Crippen LogP contribution in [0.2, 0.25) is 0 Å². The number of hydrogen-bond donors (Lipinski definition) is 1. The first-order chi connectivity index (χ1) is 10.3. The van der Waals surface area contributed by atoms with Gasteiger partial charge >= 0.3 is 0 Å². The molecule has 3 saturated carbocycles. The zero-order chi connectivity index (χ0) is 14.1. The summed E-state index contributed by atoms with van der Waals surface area (Å²) in [6, 6.07) is 10.9. The van der Waals surface area contributed by atoms with E-state index in [1.807, 2.05) is 0 Å². The van der Waals surface area contributed by atoms with Gasteiger partial charge in [0.15, 0.2) is 0 Å². The molecule has 0 amide bonds. The molecule has 6 atom stereocenters. The number of hydrogen-bond acceptors (Lipinski definition) is 2. The third-order valence-electron chi connectivity index (χ3n) is 6.98. The molecular formula is C19H24O2. The van der Waals surface area contributed by atoms with Crippen LogP contribution in [0.5, 0.6) is 0 Å². The van der Waals surface area contributed by atoms with Crippen LogP contribution in [0.4, 0.5) is 0 Å². The molecule has 1 N–H and O–H groups in total. The Balaban J connectivity index is 1.66. The molecule has 1 aromatic carbocycles. The summed E-state index contributed by atoms with van der Waals surface area (Å²) in [7, 11) is 0. The normalized spacial score (nSPS) is 50.9. The van der Waals surface area contributed by atoms with Crippen LogP contribution in [0.15, 0.2) is 30.3 Å². The summed E-state index contributed by atoms with van der Waals surface area (Å²) in [6.07, 6.45) is 8.38. The highest BCUT2D eigenvalue weighted by atomic mass is 16.6. The number of benzene rings is 1. The van der Waals surface area contributed by atoms with Crippen molar-refractivity contribution in [1.29, 1.82) is 0 Å². The van der Waals surface area contributed by atoms with E-state index < -0.39 is 0 Å². The minimum absolute atomic E-state index is 0.0160. The standard InChI is InChI=1S/C19H24O2/c20-17-14-9-6-10-15(17)18-11-4-5-12-19(18,21-18)16(14)13-7-2-1-3-8-13/h1-3,7-8,14-17,20H,4-6,9-12H2/t14-,15-,16-,17+,18-,19+/m0/s1. The van der Waals surface area contributed by atoms with Gasteiger partial charge in [-0.15, -0.1) is 0 Å². The first-order valence-electron chi connectivity index (χ1n) is 8.72. The van der Waals surface area contributed by atoms with Crippen molar-refractivity contribution in [1.82, 2.24) is 0 Å². The molecular weight excluding hydrogens is 260 g/mol. The molecule has 0 aromatic heterocycles. The Kier molecular flexibility index (Phi) is 2.48. The molecule has 1 heterocycles. The molecule has 2 bridgehead atoms. The third-order valence-corrected chi connectivity index (χ3v) is 6.98. The van der Waals surface area contributed by atoms with E-state index >= 15 is 0 Å². The fraction of sp³-hybridized carbons (Fsp3) is 0.684. The molecule has 4 fully saturated rings. The van der Waals surface area contributed by atoms with Crippen LogP contribution in [0.3, 0.4) is 0 Å². The van der Waals surface area contributed by atoms with E-state index in [0.717, 1.165) is 0 Å². The first-order valence-corrected chi connectivity index (χ1v) is 8.72. The van der Waals surface area contributed by atoms with Gasteiger partial charge in [0.2, 0.25) is 0 Å². The molecule has 112 valence electrons. The lowest BCUT2D eigenvalue weighted by Gasteiger charge is -2.51. The van der Waals surface area contributed by atoms with Gasteiger partial charge in [0.25, 0.3) is 0 Å². The van der Waals surface area contributed by atoms with Crippen molar-refractivity contribution in [2.75, 3.05) is 0 Å². The maximum absolute atomic E-state index is 11.0. The fourth-order valence-electron chi connectivity index (χ4n) is 6.27. The molecule has 1 aromatic rings. The van der Waals surface area contributed by atoms with Crippen molar-refractivity contribution in [2.45, 2.75) is 68.2 Å². The minimum atomic E-state index is -0.155. The number of aliphatic hydroxyl groups excluding tert-OH is 1. The predicted molar refractivity (Wildman–Crippen MR) is 81.0 cm³/mol. The topological polar surface area (TPSA) is 32.8 Å². The van der Waals surface area contributed by atoms with Crippen LogP contribution in [0.1, 0.15) is 56.4 Å². The number of rotatable bonds is 1. The Bertz CT molecular complexity index is 556. The summed E-state index contributed by atoms with van der Waals surface area (Å²) < 4.78 is 6.61. The molecule has 4 aliphatic rings. The van der Waals surface area contributed by atoms with Gasteiger partial charge in [0.1, 0.15) is 11.2 Å². The van der Waals surface area contributed by atoms with Crippen molar-refractivity contribution < 1.29 is 9.84 Å². The van der Waals surface area contributed by atoms with E-state index in [1.165, 1.54) is 50.5 Å². The van der Waals surface area contributed by atoms with Gasteiger partial charge in [-0.05, 0) is 37.2 Å². The van der Waals surface area contributed by atoms with Crippen LogP contribution < -0.4 is 0 Å². The van der Waals surface area contributed by atoms with E-state index in [9.17, 15) is 5.11 Å². The monoisotopic (exact) mass is 284 g/mol. The van der Waals surface area contributed by atoms with Gasteiger partial charge in [-0.2, -0.15) is 0 Å². The lowest BCUT2D eigenvalue weighted by molar-refractivity contribution is -0.0557. The van der Waals surface area contributed by atoms with Crippen LogP contribution >= 0.6 is 0 Å². The zero-order valence-electron chi connectivity index (χ0n) is 12.5. The molecule has 2 nitrogen and oxygen atoms in total. The number of fused-ring (bicyclic) bond motifs is 2. The SMILES string of the molecule is O[C@@H]1[C@H]2CCC[C@@H]1[C@@]13CCCC[C@@]1(O3)[C@H]2c1ccccc1. The molecule has 0 unspecified atom stereocenters. The van der Waals surface area contributed by atoms with Gasteiger partial charge in [-0.3, -0.25) is 0 Å². The number of aliphatic hydroxyl groups is 1. The van der Waals surface area contributed by atoms with Crippen molar-refractivity contribution in [3.05, 3.63) is 35.9 Å². The fourth-order valence-corrected chi connectivity index (χ4v) is 6.27. The van der Waals surface area contributed by atoms with E-state index in [2.05, 4.69) is 30.3 Å². The van der Waals surface area contributed by atoms with Crippen LogP contribution in [-0.2, 0) is 4.74 Å². The van der Waals surface area contributed by atoms with Crippen LogP contribution in [-0.4, -0.2) is 22.4 Å². The molecule has 21 heavy (non-hydrogen) atoms. The smallest absolute Gasteiger partial charge is 0.106 e. The van der Waals surface area contributed by atoms with Gasteiger partial charge in [-0.1, -0.05) is 49.6 Å². The zero-order valence-corrected chi connectivity index (χ0v) is 12.5. The maximum atomic E-state index is 11.0. The minimum Gasteiger partial charge on any atom is -0.392 e. The highest BCUT2D eigenvalue weighted by molar-refractivity contribution is 5.38. The van der Waals surface area contributed by atoms with Crippen molar-refractivity contribution in [2.24, 2.45) is 11.8 Å². The molecule has 1 saturated heterocycles. The summed E-state index contributed by atoms with van der Waals surface area (Å²) in [5.41, 5.74) is 1.47. The van der Waals surface area contributed by atoms with Crippen LogP contribution in [0.25, 0.3) is 0 Å². The lowest BCUT2D eigenvalue weighted by atomic mass is 9.51. The van der Waals surface area contributed by atoms with E-state index in [4.69, 9.17) is 4.74 Å². The third kappa shape index (κ3) is 1.41. The predicted octanol–water partition coefficient (Wildman–Crippen LogP) is 3.64. The highest BCUT2D eigenvalue weighted by Gasteiger charge is 2.81. The number of epoxide rings is 1. The van der Waals surface area contributed by atoms with Crippen molar-refractivity contribution >= 4 is 0 Å². The molecule has 0 spiro atoms. The number of ether oxygens (including phenoxy) is 1. The Labute approximate surface area is 126 Å². The summed E-state index contributed by atoms with van der Waals surface area (Å²) in [5, 5.41) is 11.0. The largest absolute Gasteiger partial charge is 0.392 e. The average Bonchev–Trinajstić information content (AvgIpc) is 3.20. The molecule has 5 rings (SSSR count). The Morgan fingerprint density at radius 3 is 2.52 bits per heavy atom. The Hall–Kier alpha value is -0.860. The molecule has 1 aliphatic heterocycles. The molecule has 0 radical (unpaired) electrons. The van der Waals surface area contributed by atoms with Crippen LogP contribution in [0, 0.1) is 11.8 Å². The Morgan fingerprint density at radius 1 is 0.952 bits per heavy atom. The van der Waals surface area contributed by atoms with Gasteiger partial charge in [0, 0.05) is 11.8 Å². The summed E-state index contributed by atoms with van der Waals surface area (Å²) in [6.45, 7) is 0. The highest BCUT2D eigenvalue weighted by Crippen LogP contribution is 2.74. The van der Waals surface area contributed by atoms with Gasteiger partial charge in [-0.25, -0.2) is 0 Å². The summed E-state index contributed by atoms with van der Waals surface area (Å²) >= 11 is 0. The van der Waals surface area contributed by atoms with E-state index in [0.29, 0.717) is 17.8 Å². The second kappa shape index (κ2) is 4.11. The second-order valence-electron chi connectivity index (χ2n) is 7.67. The Morgan fingerprint density at radius 2 is 1.71 bits per heavy atom. The average molecular weight is 284 g/mol. The molecule has 3 aliphatic carbocycles. The van der Waals surface area contributed by atoms with E-state index in [1.54, 1.807) is 0 Å².